The third-order valence-electron chi connectivity index (χ3n) is 3.83. The predicted octanol–water partition coefficient (Wildman–Crippen LogP) is 2.92. The Labute approximate surface area is 169 Å². The fourth-order valence-electron chi connectivity index (χ4n) is 2.42. The number of benzene rings is 2. The van der Waals surface area contributed by atoms with Crippen molar-refractivity contribution in [3.8, 4) is 23.0 Å². The van der Waals surface area contributed by atoms with Gasteiger partial charge >= 0.3 is 5.97 Å². The zero-order valence-corrected chi connectivity index (χ0v) is 16.7. The lowest BCUT2D eigenvalue weighted by Crippen LogP contribution is -2.20. The molecule has 8 nitrogen and oxygen atoms in total. The first kappa shape index (κ1) is 21.6. The molecule has 0 radical (unpaired) electrons. The second-order valence-corrected chi connectivity index (χ2v) is 5.67. The van der Waals surface area contributed by atoms with Gasteiger partial charge in [0.25, 0.3) is 5.91 Å². The molecule has 2 aromatic rings. The van der Waals surface area contributed by atoms with Crippen molar-refractivity contribution in [3.63, 3.8) is 0 Å². The van der Waals surface area contributed by atoms with Crippen LogP contribution in [0.1, 0.15) is 5.56 Å². The Bertz CT molecular complexity index is 893. The highest BCUT2D eigenvalue weighted by atomic mass is 16.5. The van der Waals surface area contributed by atoms with Crippen molar-refractivity contribution in [3.05, 3.63) is 48.0 Å². The molecule has 0 aromatic heterocycles. The Balaban J connectivity index is 1.96. The molecule has 29 heavy (non-hydrogen) atoms. The van der Waals surface area contributed by atoms with Gasteiger partial charge in [0, 0.05) is 29.5 Å². The van der Waals surface area contributed by atoms with Gasteiger partial charge in [-0.25, -0.2) is 4.79 Å². The summed E-state index contributed by atoms with van der Waals surface area (Å²) in [5, 5.41) is 2.62. The average Bonchev–Trinajstić information content (AvgIpc) is 2.75. The fraction of sp³-hybridized carbons (Fsp3) is 0.238. The third kappa shape index (κ3) is 6.17. The summed E-state index contributed by atoms with van der Waals surface area (Å²) in [6.45, 7) is -0.427. The van der Waals surface area contributed by atoms with E-state index < -0.39 is 18.5 Å². The zero-order valence-electron chi connectivity index (χ0n) is 16.7. The van der Waals surface area contributed by atoms with E-state index in [0.717, 1.165) is 0 Å². The van der Waals surface area contributed by atoms with Gasteiger partial charge in [0.2, 0.25) is 0 Å². The minimum absolute atomic E-state index is 0.427. The van der Waals surface area contributed by atoms with Crippen LogP contribution in [0.5, 0.6) is 23.0 Å². The molecule has 154 valence electrons. The standard InChI is InChI=1S/C21H23NO7/c1-25-16-7-5-6-15(11-16)22-20(23)13-29-21(24)9-8-14-10-18(27-3)19(28-4)12-17(14)26-2/h5-12H,13H2,1-4H3,(H,22,23)/b9-8+. The van der Waals surface area contributed by atoms with Crippen LogP contribution in [-0.4, -0.2) is 46.9 Å². The highest BCUT2D eigenvalue weighted by molar-refractivity contribution is 5.94. The summed E-state index contributed by atoms with van der Waals surface area (Å²) in [7, 11) is 6.05. The maximum atomic E-state index is 11.9. The Morgan fingerprint density at radius 2 is 1.59 bits per heavy atom. The van der Waals surface area contributed by atoms with Gasteiger partial charge < -0.3 is 29.0 Å². The van der Waals surface area contributed by atoms with Gasteiger partial charge in [0.15, 0.2) is 18.1 Å². The molecule has 2 aromatic carbocycles. The molecule has 1 amide bonds. The predicted molar refractivity (Wildman–Crippen MR) is 108 cm³/mol. The van der Waals surface area contributed by atoms with Gasteiger partial charge in [0.1, 0.15) is 11.5 Å². The molecule has 2 rings (SSSR count). The number of anilines is 1. The monoisotopic (exact) mass is 401 g/mol. The molecule has 0 heterocycles. The molecule has 0 aliphatic carbocycles. The third-order valence-corrected chi connectivity index (χ3v) is 3.83. The lowest BCUT2D eigenvalue weighted by molar-refractivity contribution is -0.142. The van der Waals surface area contributed by atoms with Gasteiger partial charge in [-0.3, -0.25) is 4.79 Å². The van der Waals surface area contributed by atoms with Gasteiger partial charge in [-0.1, -0.05) is 6.07 Å². The first-order valence-corrected chi connectivity index (χ1v) is 8.59. The molecular weight excluding hydrogens is 378 g/mol. The average molecular weight is 401 g/mol. The number of methoxy groups -OCH3 is 4. The Kier molecular flexibility index (Phi) is 7.90. The quantitative estimate of drug-likeness (QED) is 0.510. The highest BCUT2D eigenvalue weighted by Gasteiger charge is 2.11. The Morgan fingerprint density at radius 3 is 2.24 bits per heavy atom. The van der Waals surface area contributed by atoms with Crippen molar-refractivity contribution >= 4 is 23.6 Å². The maximum Gasteiger partial charge on any atom is 0.331 e. The molecule has 0 saturated heterocycles. The van der Waals surface area contributed by atoms with E-state index in [2.05, 4.69) is 5.32 Å². The molecular formula is C21H23NO7. The lowest BCUT2D eigenvalue weighted by Gasteiger charge is -2.12. The first-order valence-electron chi connectivity index (χ1n) is 8.59. The minimum Gasteiger partial charge on any atom is -0.497 e. The Morgan fingerprint density at radius 1 is 0.897 bits per heavy atom. The summed E-state index contributed by atoms with van der Waals surface area (Å²) in [6, 6.07) is 10.2. The molecule has 0 spiro atoms. The normalized spacial score (nSPS) is 10.3. The largest absolute Gasteiger partial charge is 0.497 e. The molecule has 0 aliphatic rings. The van der Waals surface area contributed by atoms with Crippen LogP contribution in [0.2, 0.25) is 0 Å². The molecule has 0 saturated carbocycles. The first-order chi connectivity index (χ1) is 14.0. The number of hydrogen-bond donors (Lipinski definition) is 1. The van der Waals surface area contributed by atoms with Crippen LogP contribution < -0.4 is 24.3 Å². The van der Waals surface area contributed by atoms with Crippen LogP contribution in [0, 0.1) is 0 Å². The van der Waals surface area contributed by atoms with Crippen molar-refractivity contribution in [2.45, 2.75) is 0 Å². The number of esters is 1. The lowest BCUT2D eigenvalue weighted by atomic mass is 10.1. The molecule has 8 heteroatoms. The van der Waals surface area contributed by atoms with Gasteiger partial charge in [-0.2, -0.15) is 0 Å². The van der Waals surface area contributed by atoms with Crippen molar-refractivity contribution in [2.24, 2.45) is 0 Å². The molecule has 0 atom stereocenters. The van der Waals surface area contributed by atoms with Crippen molar-refractivity contribution in [2.75, 3.05) is 40.4 Å². The van der Waals surface area contributed by atoms with Crippen molar-refractivity contribution in [1.29, 1.82) is 0 Å². The van der Waals surface area contributed by atoms with Crippen LogP contribution in [-0.2, 0) is 14.3 Å². The van der Waals surface area contributed by atoms with Crippen molar-refractivity contribution in [1.82, 2.24) is 0 Å². The van der Waals surface area contributed by atoms with E-state index in [1.54, 1.807) is 36.4 Å². The summed E-state index contributed by atoms with van der Waals surface area (Å²) < 4.78 is 25.8. The second kappa shape index (κ2) is 10.6. The van der Waals surface area contributed by atoms with E-state index in [9.17, 15) is 9.59 Å². The zero-order chi connectivity index (χ0) is 21.2. The number of rotatable bonds is 9. The molecule has 1 N–H and O–H groups in total. The Hall–Kier alpha value is -3.68. The number of nitrogens with one attached hydrogen (secondary N) is 1. The fourth-order valence-corrected chi connectivity index (χ4v) is 2.42. The van der Waals surface area contributed by atoms with Crippen molar-refractivity contribution < 1.29 is 33.3 Å². The number of amides is 1. The maximum absolute atomic E-state index is 11.9. The van der Waals surface area contributed by atoms with Gasteiger partial charge in [-0.15, -0.1) is 0 Å². The van der Waals surface area contributed by atoms with E-state index in [1.807, 2.05) is 0 Å². The van der Waals surface area contributed by atoms with Crippen LogP contribution in [0.3, 0.4) is 0 Å². The highest BCUT2D eigenvalue weighted by Crippen LogP contribution is 2.35. The minimum atomic E-state index is -0.678. The SMILES string of the molecule is COc1cccc(NC(=O)COC(=O)/C=C/c2cc(OC)c(OC)cc2OC)c1. The summed E-state index contributed by atoms with van der Waals surface area (Å²) in [5.41, 5.74) is 1.12. The second-order valence-electron chi connectivity index (χ2n) is 5.67. The number of ether oxygens (including phenoxy) is 5. The van der Waals surface area contributed by atoms with Gasteiger partial charge in [-0.05, 0) is 24.3 Å². The van der Waals surface area contributed by atoms with E-state index in [0.29, 0.717) is 34.2 Å². The smallest absolute Gasteiger partial charge is 0.331 e. The summed E-state index contributed by atoms with van der Waals surface area (Å²) in [5.74, 6) is 0.928. The number of carbonyl (C=O) groups is 2. The van der Waals surface area contributed by atoms with Crippen LogP contribution >= 0.6 is 0 Å². The summed E-state index contributed by atoms with van der Waals surface area (Å²) >= 11 is 0. The van der Waals surface area contributed by atoms with E-state index in [1.165, 1.54) is 40.6 Å². The number of carbonyl (C=O) groups excluding carboxylic acids is 2. The molecule has 0 unspecified atom stereocenters. The van der Waals surface area contributed by atoms with Gasteiger partial charge in [0.05, 0.1) is 28.4 Å². The molecule has 0 aliphatic heterocycles. The van der Waals surface area contributed by atoms with Crippen LogP contribution in [0.15, 0.2) is 42.5 Å². The van der Waals surface area contributed by atoms with Crippen LogP contribution in [0.4, 0.5) is 5.69 Å². The summed E-state index contributed by atoms with van der Waals surface area (Å²) in [6.07, 6.45) is 2.70. The molecule has 0 fully saturated rings. The number of hydrogen-bond acceptors (Lipinski definition) is 7. The van der Waals surface area contributed by atoms with E-state index in [4.69, 9.17) is 23.7 Å². The van der Waals surface area contributed by atoms with E-state index in [-0.39, 0.29) is 0 Å². The topological polar surface area (TPSA) is 92.3 Å². The summed E-state index contributed by atoms with van der Waals surface area (Å²) in [4.78, 5) is 23.9. The molecule has 0 bridgehead atoms. The van der Waals surface area contributed by atoms with Crippen LogP contribution in [0.25, 0.3) is 6.08 Å². The van der Waals surface area contributed by atoms with E-state index >= 15 is 0 Å².